The number of aryl methyl sites for hydroxylation is 1. The molecule has 1 aliphatic heterocycles. The van der Waals surface area contributed by atoms with Gasteiger partial charge in [0, 0.05) is 12.7 Å². The number of nitrogens with one attached hydrogen (secondary N) is 1. The number of aliphatic hydroxyl groups excluding tert-OH is 1. The first kappa shape index (κ1) is 16.5. The van der Waals surface area contributed by atoms with Gasteiger partial charge < -0.3 is 15.3 Å². The number of carbonyl (C=O) groups excluding carboxylic acids is 1. The highest BCUT2D eigenvalue weighted by Crippen LogP contribution is 2.33. The zero-order valence-corrected chi connectivity index (χ0v) is 14.2. The van der Waals surface area contributed by atoms with Crippen molar-refractivity contribution >= 4 is 11.7 Å². The Hall–Kier alpha value is -2.34. The minimum Gasteiger partial charge on any atom is -0.394 e. The van der Waals surface area contributed by atoms with E-state index in [9.17, 15) is 9.90 Å². The van der Waals surface area contributed by atoms with E-state index < -0.39 is 5.54 Å². The van der Waals surface area contributed by atoms with E-state index in [1.165, 1.54) is 0 Å². The third-order valence-electron chi connectivity index (χ3n) is 4.91. The SMILES string of the molecule is CC[C@]1(CO)CCCN1C(=O)Nc1ccccc1-n1ccc(C)n1. The molecule has 24 heavy (non-hydrogen) atoms. The molecule has 0 bridgehead atoms. The van der Waals surface area contributed by atoms with Crippen molar-refractivity contribution in [2.75, 3.05) is 18.5 Å². The Balaban J connectivity index is 1.85. The Kier molecular flexibility index (Phi) is 4.57. The molecule has 6 heteroatoms. The van der Waals surface area contributed by atoms with Crippen LogP contribution in [-0.2, 0) is 0 Å². The average molecular weight is 328 g/mol. The first-order valence-corrected chi connectivity index (χ1v) is 8.41. The summed E-state index contributed by atoms with van der Waals surface area (Å²) in [5, 5.41) is 17.2. The number of amides is 2. The average Bonchev–Trinajstić information content (AvgIpc) is 3.22. The van der Waals surface area contributed by atoms with Crippen molar-refractivity contribution < 1.29 is 9.90 Å². The van der Waals surface area contributed by atoms with Crippen LogP contribution in [0.2, 0.25) is 0 Å². The number of aliphatic hydroxyl groups is 1. The molecule has 0 spiro atoms. The Bertz CT molecular complexity index is 721. The molecular formula is C18H24N4O2. The minimum absolute atomic E-state index is 0.00306. The number of anilines is 1. The van der Waals surface area contributed by atoms with Crippen LogP contribution >= 0.6 is 0 Å². The first-order valence-electron chi connectivity index (χ1n) is 8.41. The van der Waals surface area contributed by atoms with Crippen LogP contribution in [0.3, 0.4) is 0 Å². The number of rotatable bonds is 4. The highest BCUT2D eigenvalue weighted by atomic mass is 16.3. The monoisotopic (exact) mass is 328 g/mol. The molecule has 0 aliphatic carbocycles. The number of hydrogen-bond donors (Lipinski definition) is 2. The number of nitrogens with zero attached hydrogens (tertiary/aromatic N) is 3. The van der Waals surface area contributed by atoms with Crippen molar-refractivity contribution in [2.45, 2.75) is 38.6 Å². The van der Waals surface area contributed by atoms with Gasteiger partial charge in [-0.3, -0.25) is 0 Å². The number of carbonyl (C=O) groups is 1. The normalized spacial score (nSPS) is 20.4. The van der Waals surface area contributed by atoms with Crippen LogP contribution in [-0.4, -0.2) is 44.5 Å². The second-order valence-corrected chi connectivity index (χ2v) is 6.34. The summed E-state index contributed by atoms with van der Waals surface area (Å²) in [7, 11) is 0. The van der Waals surface area contributed by atoms with Crippen LogP contribution in [0, 0.1) is 6.92 Å². The third-order valence-corrected chi connectivity index (χ3v) is 4.91. The predicted molar refractivity (Wildman–Crippen MR) is 93.4 cm³/mol. The molecule has 1 aromatic heterocycles. The molecule has 2 amide bonds. The van der Waals surface area contributed by atoms with Gasteiger partial charge in [-0.15, -0.1) is 0 Å². The first-order chi connectivity index (χ1) is 11.6. The molecule has 3 rings (SSSR count). The topological polar surface area (TPSA) is 70.4 Å². The maximum atomic E-state index is 12.8. The molecule has 128 valence electrons. The Labute approximate surface area is 142 Å². The lowest BCUT2D eigenvalue weighted by Crippen LogP contribution is -2.51. The Morgan fingerprint density at radius 3 is 2.83 bits per heavy atom. The lowest BCUT2D eigenvalue weighted by Gasteiger charge is -2.36. The summed E-state index contributed by atoms with van der Waals surface area (Å²) in [6.45, 7) is 4.61. The molecule has 2 N–H and O–H groups in total. The largest absolute Gasteiger partial charge is 0.394 e. The molecular weight excluding hydrogens is 304 g/mol. The number of hydrogen-bond acceptors (Lipinski definition) is 3. The van der Waals surface area contributed by atoms with E-state index in [2.05, 4.69) is 10.4 Å². The maximum absolute atomic E-state index is 12.8. The van der Waals surface area contributed by atoms with Crippen LogP contribution in [0.25, 0.3) is 5.69 Å². The Morgan fingerprint density at radius 1 is 1.38 bits per heavy atom. The second kappa shape index (κ2) is 6.65. The van der Waals surface area contributed by atoms with Gasteiger partial charge in [-0.05, 0) is 44.4 Å². The fraction of sp³-hybridized carbons (Fsp3) is 0.444. The summed E-state index contributed by atoms with van der Waals surface area (Å²) < 4.78 is 1.76. The van der Waals surface area contributed by atoms with Crippen molar-refractivity contribution in [1.29, 1.82) is 0 Å². The van der Waals surface area contributed by atoms with E-state index in [1.807, 2.05) is 50.4 Å². The molecule has 1 atom stereocenters. The Morgan fingerprint density at radius 2 is 2.17 bits per heavy atom. The van der Waals surface area contributed by atoms with Crippen molar-refractivity contribution in [3.63, 3.8) is 0 Å². The molecule has 0 saturated carbocycles. The summed E-state index contributed by atoms with van der Waals surface area (Å²) in [5.74, 6) is 0. The van der Waals surface area contributed by atoms with E-state index in [4.69, 9.17) is 0 Å². The lowest BCUT2D eigenvalue weighted by molar-refractivity contribution is 0.0867. The molecule has 2 heterocycles. The molecule has 6 nitrogen and oxygen atoms in total. The summed E-state index contributed by atoms with van der Waals surface area (Å²) in [4.78, 5) is 14.6. The van der Waals surface area contributed by atoms with Crippen LogP contribution in [0.15, 0.2) is 36.5 Å². The van der Waals surface area contributed by atoms with Crippen LogP contribution < -0.4 is 5.32 Å². The molecule has 1 aromatic carbocycles. The van der Waals surface area contributed by atoms with Crippen molar-refractivity contribution in [3.05, 3.63) is 42.2 Å². The number of likely N-dealkylation sites (tertiary alicyclic amines) is 1. The minimum atomic E-state index is -0.443. The quantitative estimate of drug-likeness (QED) is 0.906. The maximum Gasteiger partial charge on any atom is 0.322 e. The van der Waals surface area contributed by atoms with E-state index in [-0.39, 0.29) is 12.6 Å². The van der Waals surface area contributed by atoms with Gasteiger partial charge in [-0.1, -0.05) is 19.1 Å². The number of urea groups is 1. The van der Waals surface area contributed by atoms with Gasteiger partial charge in [0.25, 0.3) is 0 Å². The fourth-order valence-electron chi connectivity index (χ4n) is 3.41. The van der Waals surface area contributed by atoms with Gasteiger partial charge in [0.2, 0.25) is 0 Å². The summed E-state index contributed by atoms with van der Waals surface area (Å²) in [5.41, 5.74) is 2.01. The number of para-hydroxylation sites is 2. The van der Waals surface area contributed by atoms with Crippen LogP contribution in [0.4, 0.5) is 10.5 Å². The van der Waals surface area contributed by atoms with Crippen molar-refractivity contribution in [1.82, 2.24) is 14.7 Å². The van der Waals surface area contributed by atoms with Gasteiger partial charge in [0.1, 0.15) is 0 Å². The van der Waals surface area contributed by atoms with E-state index in [0.29, 0.717) is 12.2 Å². The van der Waals surface area contributed by atoms with Gasteiger partial charge >= 0.3 is 6.03 Å². The fourth-order valence-corrected chi connectivity index (χ4v) is 3.41. The zero-order chi connectivity index (χ0) is 17.2. The van der Waals surface area contributed by atoms with Gasteiger partial charge in [-0.2, -0.15) is 5.10 Å². The number of aromatic nitrogens is 2. The van der Waals surface area contributed by atoms with Crippen molar-refractivity contribution in [3.8, 4) is 5.69 Å². The third kappa shape index (κ3) is 2.89. The van der Waals surface area contributed by atoms with Gasteiger partial charge in [0.15, 0.2) is 0 Å². The molecule has 0 radical (unpaired) electrons. The standard InChI is InChI=1S/C18H24N4O2/c1-3-18(13-23)10-6-11-21(18)17(24)19-15-7-4-5-8-16(15)22-12-9-14(2)20-22/h4-5,7-9,12,23H,3,6,10-11,13H2,1-2H3,(H,19,24)/t18-/m1/s1. The predicted octanol–water partition coefficient (Wildman–Crippen LogP) is 2.95. The summed E-state index contributed by atoms with van der Waals surface area (Å²) in [6, 6.07) is 9.35. The molecule has 1 aliphatic rings. The highest BCUT2D eigenvalue weighted by molar-refractivity contribution is 5.92. The lowest BCUT2D eigenvalue weighted by atomic mass is 9.94. The van der Waals surface area contributed by atoms with Crippen LogP contribution in [0.5, 0.6) is 0 Å². The van der Waals surface area contributed by atoms with Gasteiger partial charge in [0.05, 0.1) is 29.2 Å². The molecule has 0 unspecified atom stereocenters. The van der Waals surface area contributed by atoms with E-state index in [1.54, 1.807) is 9.58 Å². The zero-order valence-electron chi connectivity index (χ0n) is 14.2. The van der Waals surface area contributed by atoms with E-state index >= 15 is 0 Å². The van der Waals surface area contributed by atoms with E-state index in [0.717, 1.165) is 30.6 Å². The highest BCUT2D eigenvalue weighted by Gasteiger charge is 2.41. The molecule has 2 aromatic rings. The molecule has 1 saturated heterocycles. The van der Waals surface area contributed by atoms with Gasteiger partial charge in [-0.25, -0.2) is 9.48 Å². The van der Waals surface area contributed by atoms with Crippen LogP contribution in [0.1, 0.15) is 31.9 Å². The summed E-state index contributed by atoms with van der Waals surface area (Å²) in [6.07, 6.45) is 4.38. The molecule has 1 fully saturated rings. The number of benzene rings is 1. The summed E-state index contributed by atoms with van der Waals surface area (Å²) >= 11 is 0. The smallest absolute Gasteiger partial charge is 0.322 e. The second-order valence-electron chi connectivity index (χ2n) is 6.34. The van der Waals surface area contributed by atoms with Crippen molar-refractivity contribution in [2.24, 2.45) is 0 Å².